The first-order valence-corrected chi connectivity index (χ1v) is 5.99. The summed E-state index contributed by atoms with van der Waals surface area (Å²) < 4.78 is 5.01. The van der Waals surface area contributed by atoms with Crippen LogP contribution in [0, 0.1) is 0 Å². The first-order chi connectivity index (χ1) is 8.13. The first kappa shape index (κ1) is 16.7. The summed E-state index contributed by atoms with van der Waals surface area (Å²) in [7, 11) is 0. The first-order valence-electron chi connectivity index (χ1n) is 5.99. The van der Waals surface area contributed by atoms with E-state index in [1.807, 2.05) is 0 Å². The number of nitrogens with zero attached hydrogens (tertiary/aromatic N) is 1. The molecule has 18 heavy (non-hydrogen) atoms. The Kier molecular flexibility index (Phi) is 8.12. The van der Waals surface area contributed by atoms with Crippen LogP contribution in [0.2, 0.25) is 0 Å². The number of esters is 1. The van der Waals surface area contributed by atoms with E-state index in [-0.39, 0.29) is 18.4 Å². The van der Waals surface area contributed by atoms with Crippen molar-refractivity contribution in [1.82, 2.24) is 9.97 Å². The zero-order valence-corrected chi connectivity index (χ0v) is 11.8. The molecule has 0 fully saturated rings. The summed E-state index contributed by atoms with van der Waals surface area (Å²) in [5.74, 6) is 0.670. The van der Waals surface area contributed by atoms with E-state index in [2.05, 4.69) is 23.5 Å². The lowest BCUT2D eigenvalue weighted by atomic mass is 10.2. The topological polar surface area (TPSA) is 55.0 Å². The van der Waals surface area contributed by atoms with Gasteiger partial charge in [-0.2, -0.15) is 0 Å². The molecule has 0 aliphatic rings. The molecule has 1 aromatic heterocycles. The highest BCUT2D eigenvalue weighted by atomic mass is 35.5. The van der Waals surface area contributed by atoms with Crippen molar-refractivity contribution in [2.45, 2.75) is 39.5 Å². The van der Waals surface area contributed by atoms with Crippen LogP contribution in [0.4, 0.5) is 0 Å². The van der Waals surface area contributed by atoms with Crippen LogP contribution in [-0.4, -0.2) is 22.5 Å². The maximum absolute atomic E-state index is 11.1. The second-order valence-electron chi connectivity index (χ2n) is 4.12. The Morgan fingerprint density at radius 2 is 2.22 bits per heavy atom. The molecule has 0 aliphatic carbocycles. The monoisotopic (exact) mass is 272 g/mol. The van der Waals surface area contributed by atoms with Crippen LogP contribution < -0.4 is 0 Å². The number of aromatic amines is 1. The standard InChI is InChI=1S/C13H20N2O2.ClH/c1-4-5-6-12-14-9-11(15-12)7-8-17-13(16)10(2)3;/h9H,2,4-8H2,1,3H3,(H,14,15);1H. The molecule has 1 heterocycles. The zero-order chi connectivity index (χ0) is 12.7. The largest absolute Gasteiger partial charge is 0.462 e. The van der Waals surface area contributed by atoms with Crippen molar-refractivity contribution in [2.24, 2.45) is 0 Å². The Hall–Kier alpha value is -1.29. The maximum Gasteiger partial charge on any atom is 0.333 e. The van der Waals surface area contributed by atoms with E-state index in [9.17, 15) is 4.79 Å². The normalized spacial score (nSPS) is 9.67. The summed E-state index contributed by atoms with van der Waals surface area (Å²) in [5, 5.41) is 0. The van der Waals surface area contributed by atoms with E-state index in [1.165, 1.54) is 0 Å². The van der Waals surface area contributed by atoms with Crippen LogP contribution in [0.3, 0.4) is 0 Å². The van der Waals surface area contributed by atoms with E-state index >= 15 is 0 Å². The van der Waals surface area contributed by atoms with Crippen LogP contribution in [0.25, 0.3) is 0 Å². The van der Waals surface area contributed by atoms with Gasteiger partial charge in [-0.3, -0.25) is 0 Å². The molecule has 1 N–H and O–H groups in total. The van der Waals surface area contributed by atoms with Gasteiger partial charge in [0.1, 0.15) is 5.82 Å². The molecule has 0 aliphatic heterocycles. The highest BCUT2D eigenvalue weighted by Crippen LogP contribution is 2.03. The highest BCUT2D eigenvalue weighted by molar-refractivity contribution is 5.86. The number of nitrogens with one attached hydrogen (secondary N) is 1. The molecule has 4 nitrogen and oxygen atoms in total. The van der Waals surface area contributed by atoms with Gasteiger partial charge in [0, 0.05) is 30.3 Å². The lowest BCUT2D eigenvalue weighted by Crippen LogP contribution is -2.08. The second-order valence-corrected chi connectivity index (χ2v) is 4.12. The van der Waals surface area contributed by atoms with Crippen LogP contribution in [0.1, 0.15) is 38.2 Å². The van der Waals surface area contributed by atoms with Gasteiger partial charge in [-0.1, -0.05) is 19.9 Å². The predicted molar refractivity (Wildman–Crippen MR) is 73.9 cm³/mol. The molecule has 0 saturated heterocycles. The Balaban J connectivity index is 0.00000289. The van der Waals surface area contributed by atoms with Gasteiger partial charge in [0.2, 0.25) is 0 Å². The molecule has 5 heteroatoms. The fraction of sp³-hybridized carbons (Fsp3) is 0.538. The third-order valence-corrected chi connectivity index (χ3v) is 2.40. The van der Waals surface area contributed by atoms with Gasteiger partial charge in [-0.15, -0.1) is 12.4 Å². The highest BCUT2D eigenvalue weighted by Gasteiger charge is 2.04. The number of unbranched alkanes of at least 4 members (excludes halogenated alkanes) is 1. The van der Waals surface area contributed by atoms with E-state index < -0.39 is 0 Å². The number of rotatable bonds is 7. The molecular formula is C13H21ClN2O2. The maximum atomic E-state index is 11.1. The summed E-state index contributed by atoms with van der Waals surface area (Å²) in [4.78, 5) is 18.6. The average Bonchev–Trinajstić information content (AvgIpc) is 2.74. The van der Waals surface area contributed by atoms with Gasteiger partial charge in [0.05, 0.1) is 6.61 Å². The lowest BCUT2D eigenvalue weighted by Gasteiger charge is -2.02. The molecule has 0 amide bonds. The van der Waals surface area contributed by atoms with E-state index in [0.29, 0.717) is 18.6 Å². The molecule has 0 unspecified atom stereocenters. The predicted octanol–water partition coefficient (Wildman–Crippen LogP) is 2.84. The van der Waals surface area contributed by atoms with Crippen LogP contribution >= 0.6 is 12.4 Å². The number of H-pyrrole nitrogens is 1. The SMILES string of the molecule is C=C(C)C(=O)OCCc1cnc(CCCC)[nH]1.Cl. The quantitative estimate of drug-likeness (QED) is 0.613. The fourth-order valence-electron chi connectivity index (χ4n) is 1.38. The van der Waals surface area contributed by atoms with Gasteiger partial charge in [-0.05, 0) is 13.3 Å². The number of aromatic nitrogens is 2. The molecule has 0 bridgehead atoms. The number of aryl methyl sites for hydroxylation is 1. The Morgan fingerprint density at radius 1 is 1.50 bits per heavy atom. The van der Waals surface area contributed by atoms with Gasteiger partial charge in [0.15, 0.2) is 0 Å². The zero-order valence-electron chi connectivity index (χ0n) is 11.0. The van der Waals surface area contributed by atoms with Crippen molar-refractivity contribution in [2.75, 3.05) is 6.61 Å². The molecule has 1 aromatic rings. The van der Waals surface area contributed by atoms with Crippen LogP contribution in [0.15, 0.2) is 18.3 Å². The summed E-state index contributed by atoms with van der Waals surface area (Å²) in [6, 6.07) is 0. The van der Waals surface area contributed by atoms with Crippen molar-refractivity contribution in [3.05, 3.63) is 29.9 Å². The third kappa shape index (κ3) is 5.87. The minimum Gasteiger partial charge on any atom is -0.462 e. The van der Waals surface area contributed by atoms with Gasteiger partial charge < -0.3 is 9.72 Å². The van der Waals surface area contributed by atoms with Crippen LogP contribution in [0.5, 0.6) is 0 Å². The number of hydrogen-bond donors (Lipinski definition) is 1. The van der Waals surface area contributed by atoms with Crippen molar-refractivity contribution < 1.29 is 9.53 Å². The number of carbonyl (C=O) groups is 1. The van der Waals surface area contributed by atoms with Gasteiger partial charge in [0.25, 0.3) is 0 Å². The summed E-state index contributed by atoms with van der Waals surface area (Å²) in [6.45, 7) is 7.68. The minimum atomic E-state index is -0.337. The molecule has 1 rings (SSSR count). The average molecular weight is 273 g/mol. The Morgan fingerprint density at radius 3 is 2.83 bits per heavy atom. The van der Waals surface area contributed by atoms with Crippen molar-refractivity contribution in [3.63, 3.8) is 0 Å². The van der Waals surface area contributed by atoms with E-state index in [1.54, 1.807) is 13.1 Å². The summed E-state index contributed by atoms with van der Waals surface area (Å²) in [5.41, 5.74) is 1.43. The molecular weight excluding hydrogens is 252 g/mol. The second kappa shape index (κ2) is 8.75. The molecule has 0 radical (unpaired) electrons. The van der Waals surface area contributed by atoms with E-state index in [0.717, 1.165) is 30.8 Å². The van der Waals surface area contributed by atoms with Gasteiger partial charge in [-0.25, -0.2) is 9.78 Å². The van der Waals surface area contributed by atoms with E-state index in [4.69, 9.17) is 4.74 Å². The Labute approximate surface area is 114 Å². The molecule has 0 saturated carbocycles. The molecule has 0 aromatic carbocycles. The number of halogens is 1. The smallest absolute Gasteiger partial charge is 0.333 e. The number of hydrogen-bond acceptors (Lipinski definition) is 3. The number of imidazole rings is 1. The molecule has 102 valence electrons. The number of ether oxygens (including phenoxy) is 1. The minimum absolute atomic E-state index is 0. The molecule has 0 atom stereocenters. The summed E-state index contributed by atoms with van der Waals surface area (Å²) in [6.07, 6.45) is 5.74. The fourth-order valence-corrected chi connectivity index (χ4v) is 1.38. The van der Waals surface area contributed by atoms with Crippen LogP contribution in [-0.2, 0) is 22.4 Å². The van der Waals surface area contributed by atoms with Crippen molar-refractivity contribution in [3.8, 4) is 0 Å². The lowest BCUT2D eigenvalue weighted by molar-refractivity contribution is -0.138. The molecule has 0 spiro atoms. The summed E-state index contributed by atoms with van der Waals surface area (Å²) >= 11 is 0. The van der Waals surface area contributed by atoms with Crippen molar-refractivity contribution in [1.29, 1.82) is 0 Å². The number of carbonyl (C=O) groups excluding carboxylic acids is 1. The Bertz CT molecular complexity index is 388. The van der Waals surface area contributed by atoms with Crippen molar-refractivity contribution >= 4 is 18.4 Å². The van der Waals surface area contributed by atoms with Gasteiger partial charge >= 0.3 is 5.97 Å². The third-order valence-electron chi connectivity index (χ3n) is 2.40.